The van der Waals surface area contributed by atoms with Crippen LogP contribution < -0.4 is 5.32 Å². The lowest BCUT2D eigenvalue weighted by Gasteiger charge is -2.16. The Morgan fingerprint density at radius 1 is 1.29 bits per heavy atom. The molecule has 4 heteroatoms. The summed E-state index contributed by atoms with van der Waals surface area (Å²) in [5.41, 5.74) is 0.417. The third-order valence-electron chi connectivity index (χ3n) is 3.35. The van der Waals surface area contributed by atoms with E-state index in [4.69, 9.17) is 4.74 Å². The van der Waals surface area contributed by atoms with Gasteiger partial charge in [0.25, 0.3) is 0 Å². The van der Waals surface area contributed by atoms with Crippen molar-refractivity contribution in [1.29, 1.82) is 0 Å². The first-order valence-corrected chi connectivity index (χ1v) is 5.88. The van der Waals surface area contributed by atoms with Crippen LogP contribution in [0.3, 0.4) is 0 Å². The molecule has 0 bridgehead atoms. The fraction of sp³-hybridized carbons (Fsp3) is 0.538. The molecule has 0 saturated carbocycles. The Kier molecular flexibility index (Phi) is 3.74. The monoisotopic (exact) mass is 241 g/mol. The van der Waals surface area contributed by atoms with E-state index >= 15 is 0 Å². The number of nitrogens with one attached hydrogen (secondary N) is 1. The average Bonchev–Trinajstić information content (AvgIpc) is 2.44. The summed E-state index contributed by atoms with van der Waals surface area (Å²) in [6.07, 6.45) is -0.344. The summed E-state index contributed by atoms with van der Waals surface area (Å²) < 4.78 is 32.1. The molecule has 0 amide bonds. The van der Waals surface area contributed by atoms with Crippen molar-refractivity contribution in [2.75, 3.05) is 13.2 Å². The molecule has 3 unspecified atom stereocenters. The van der Waals surface area contributed by atoms with Crippen LogP contribution in [0.25, 0.3) is 0 Å². The zero-order chi connectivity index (χ0) is 12.4. The highest BCUT2D eigenvalue weighted by Crippen LogP contribution is 2.24. The molecular formula is C13H17F2NO. The molecule has 0 aliphatic carbocycles. The number of halogens is 2. The Morgan fingerprint density at radius 2 is 2.06 bits per heavy atom. The van der Waals surface area contributed by atoms with Crippen LogP contribution in [-0.2, 0) is 4.74 Å². The maximum atomic E-state index is 13.6. The first-order chi connectivity index (χ1) is 8.08. The van der Waals surface area contributed by atoms with E-state index in [0.717, 1.165) is 6.07 Å². The van der Waals surface area contributed by atoms with Crippen molar-refractivity contribution in [3.63, 3.8) is 0 Å². The molecule has 3 atom stereocenters. The molecule has 1 aliphatic heterocycles. The van der Waals surface area contributed by atoms with Gasteiger partial charge in [0.15, 0.2) is 0 Å². The molecule has 94 valence electrons. The molecule has 1 N–H and O–H groups in total. The van der Waals surface area contributed by atoms with Gasteiger partial charge in [-0.1, -0.05) is 13.0 Å². The van der Waals surface area contributed by atoms with Crippen LogP contribution in [0.5, 0.6) is 0 Å². The minimum atomic E-state index is -0.561. The van der Waals surface area contributed by atoms with Gasteiger partial charge in [0.2, 0.25) is 0 Å². The standard InChI is InChI=1S/C13H17F2NO/c1-8-7-17-13(6-16-9(8)2)11-4-3-10(14)5-12(11)15/h3-5,8-9,13,16H,6-7H2,1-2H3. The molecule has 2 rings (SSSR count). The minimum absolute atomic E-state index is 0.337. The van der Waals surface area contributed by atoms with Gasteiger partial charge >= 0.3 is 0 Å². The van der Waals surface area contributed by atoms with Crippen molar-refractivity contribution in [3.05, 3.63) is 35.4 Å². The molecule has 1 aromatic rings. The van der Waals surface area contributed by atoms with Gasteiger partial charge in [0.05, 0.1) is 12.7 Å². The van der Waals surface area contributed by atoms with E-state index in [1.165, 1.54) is 12.1 Å². The van der Waals surface area contributed by atoms with Crippen LogP contribution in [-0.4, -0.2) is 19.2 Å². The van der Waals surface area contributed by atoms with E-state index in [1.54, 1.807) is 0 Å². The summed E-state index contributed by atoms with van der Waals surface area (Å²) in [4.78, 5) is 0. The van der Waals surface area contributed by atoms with E-state index in [1.807, 2.05) is 0 Å². The Bertz CT molecular complexity index is 385. The predicted octanol–water partition coefficient (Wildman–Crippen LogP) is 2.65. The Morgan fingerprint density at radius 3 is 2.76 bits per heavy atom. The van der Waals surface area contributed by atoms with Crippen LogP contribution in [0, 0.1) is 17.6 Å². The number of ether oxygens (including phenoxy) is 1. The maximum Gasteiger partial charge on any atom is 0.131 e. The largest absolute Gasteiger partial charge is 0.372 e. The molecular weight excluding hydrogens is 224 g/mol. The summed E-state index contributed by atoms with van der Waals surface area (Å²) >= 11 is 0. The number of hydrogen-bond donors (Lipinski definition) is 1. The number of hydrogen-bond acceptors (Lipinski definition) is 2. The van der Waals surface area contributed by atoms with Gasteiger partial charge in [0.1, 0.15) is 11.6 Å². The summed E-state index contributed by atoms with van der Waals surface area (Å²) in [5, 5.41) is 3.30. The highest BCUT2D eigenvalue weighted by Gasteiger charge is 2.24. The molecule has 1 aromatic carbocycles. The second-order valence-electron chi connectivity index (χ2n) is 4.66. The Labute approximate surface area is 100.0 Å². The van der Waals surface area contributed by atoms with Crippen molar-refractivity contribution in [1.82, 2.24) is 5.32 Å². The summed E-state index contributed by atoms with van der Waals surface area (Å²) in [6, 6.07) is 3.96. The lowest BCUT2D eigenvalue weighted by molar-refractivity contribution is 0.0474. The number of benzene rings is 1. The topological polar surface area (TPSA) is 21.3 Å². The van der Waals surface area contributed by atoms with E-state index in [0.29, 0.717) is 30.7 Å². The van der Waals surface area contributed by atoms with Gasteiger partial charge < -0.3 is 10.1 Å². The second kappa shape index (κ2) is 5.10. The Hall–Kier alpha value is -1.00. The first kappa shape index (κ1) is 12.5. The smallest absolute Gasteiger partial charge is 0.131 e. The average molecular weight is 241 g/mol. The highest BCUT2D eigenvalue weighted by molar-refractivity contribution is 5.21. The summed E-state index contributed by atoms with van der Waals surface area (Å²) in [7, 11) is 0. The highest BCUT2D eigenvalue weighted by atomic mass is 19.1. The van der Waals surface area contributed by atoms with Crippen LogP contribution in [0.15, 0.2) is 18.2 Å². The third kappa shape index (κ3) is 2.82. The van der Waals surface area contributed by atoms with Gasteiger partial charge in [-0.15, -0.1) is 0 Å². The van der Waals surface area contributed by atoms with Gasteiger partial charge in [-0.25, -0.2) is 8.78 Å². The normalized spacial score (nSPS) is 30.0. The number of rotatable bonds is 1. The molecule has 0 aromatic heterocycles. The van der Waals surface area contributed by atoms with Crippen LogP contribution in [0.4, 0.5) is 8.78 Å². The molecule has 1 aliphatic rings. The SMILES string of the molecule is CC1COC(c2ccc(F)cc2F)CNC1C. The lowest BCUT2D eigenvalue weighted by atomic mass is 10.1. The fourth-order valence-corrected chi connectivity index (χ4v) is 1.93. The molecule has 1 heterocycles. The molecule has 2 nitrogen and oxygen atoms in total. The van der Waals surface area contributed by atoms with Gasteiger partial charge in [-0.05, 0) is 18.9 Å². The third-order valence-corrected chi connectivity index (χ3v) is 3.35. The molecule has 1 fully saturated rings. The fourth-order valence-electron chi connectivity index (χ4n) is 1.93. The minimum Gasteiger partial charge on any atom is -0.372 e. The zero-order valence-corrected chi connectivity index (χ0v) is 10.0. The molecule has 0 radical (unpaired) electrons. The van der Waals surface area contributed by atoms with Crippen molar-refractivity contribution in [3.8, 4) is 0 Å². The molecule has 0 spiro atoms. The predicted molar refractivity (Wildman–Crippen MR) is 61.7 cm³/mol. The van der Waals surface area contributed by atoms with E-state index < -0.39 is 11.6 Å². The summed E-state index contributed by atoms with van der Waals surface area (Å²) in [6.45, 7) is 5.29. The summed E-state index contributed by atoms with van der Waals surface area (Å²) in [5.74, 6) is -0.725. The van der Waals surface area contributed by atoms with Crippen LogP contribution in [0.2, 0.25) is 0 Å². The van der Waals surface area contributed by atoms with Crippen molar-refractivity contribution < 1.29 is 13.5 Å². The van der Waals surface area contributed by atoms with Crippen molar-refractivity contribution >= 4 is 0 Å². The van der Waals surface area contributed by atoms with Crippen LogP contribution >= 0.6 is 0 Å². The van der Waals surface area contributed by atoms with Gasteiger partial charge in [-0.2, -0.15) is 0 Å². The van der Waals surface area contributed by atoms with E-state index in [9.17, 15) is 8.78 Å². The zero-order valence-electron chi connectivity index (χ0n) is 10.0. The van der Waals surface area contributed by atoms with Gasteiger partial charge in [-0.3, -0.25) is 0 Å². The molecule has 17 heavy (non-hydrogen) atoms. The maximum absolute atomic E-state index is 13.6. The van der Waals surface area contributed by atoms with Crippen molar-refractivity contribution in [2.45, 2.75) is 26.0 Å². The van der Waals surface area contributed by atoms with Gasteiger partial charge in [0, 0.05) is 24.2 Å². The first-order valence-electron chi connectivity index (χ1n) is 5.88. The quantitative estimate of drug-likeness (QED) is 0.816. The lowest BCUT2D eigenvalue weighted by Crippen LogP contribution is -2.32. The molecule has 1 saturated heterocycles. The van der Waals surface area contributed by atoms with Crippen molar-refractivity contribution in [2.24, 2.45) is 5.92 Å². The Balaban J connectivity index is 2.17. The van der Waals surface area contributed by atoms with Crippen LogP contribution in [0.1, 0.15) is 25.5 Å². The van der Waals surface area contributed by atoms with E-state index in [2.05, 4.69) is 19.2 Å². The van der Waals surface area contributed by atoms with E-state index in [-0.39, 0.29) is 6.10 Å². The second-order valence-corrected chi connectivity index (χ2v) is 4.66.